The predicted octanol–water partition coefficient (Wildman–Crippen LogP) is 2.26. The van der Waals surface area contributed by atoms with Gasteiger partial charge in [-0.1, -0.05) is 6.07 Å². The summed E-state index contributed by atoms with van der Waals surface area (Å²) in [4.78, 5) is 24.7. The number of nitrogens with zero attached hydrogens (tertiary/aromatic N) is 4. The van der Waals surface area contributed by atoms with E-state index < -0.39 is 0 Å². The number of rotatable bonds is 6. The fourth-order valence-electron chi connectivity index (χ4n) is 6.07. The third kappa shape index (κ3) is 4.01. The van der Waals surface area contributed by atoms with Crippen LogP contribution in [0.15, 0.2) is 30.6 Å². The average molecular weight is 409 g/mol. The number of tetrazole rings is 1. The zero-order valence-corrected chi connectivity index (χ0v) is 16.9. The number of aromatic nitrogens is 4. The van der Waals surface area contributed by atoms with Crippen LogP contribution in [0.25, 0.3) is 5.69 Å². The second-order valence-corrected chi connectivity index (χ2v) is 9.18. The van der Waals surface area contributed by atoms with Gasteiger partial charge in [-0.25, -0.2) is 9.48 Å². The molecule has 9 nitrogen and oxygen atoms in total. The molecule has 0 radical (unpaired) electrons. The lowest BCUT2D eigenvalue weighted by atomic mass is 9.53. The Morgan fingerprint density at radius 2 is 1.83 bits per heavy atom. The molecule has 4 aliphatic carbocycles. The van der Waals surface area contributed by atoms with Gasteiger partial charge in [0.25, 0.3) is 0 Å². The SMILES string of the molecule is O=C(CCNC(=O)NC12CC3CC(CC(C3)C1)C2)Nc1cccc(-n2cnnn2)c1. The first-order valence-electron chi connectivity index (χ1n) is 10.8. The van der Waals surface area contributed by atoms with Crippen LogP contribution < -0.4 is 16.0 Å². The van der Waals surface area contributed by atoms with Gasteiger partial charge < -0.3 is 16.0 Å². The van der Waals surface area contributed by atoms with Crippen LogP contribution in [0, 0.1) is 17.8 Å². The Bertz CT molecular complexity index is 892. The van der Waals surface area contributed by atoms with Crippen molar-refractivity contribution in [1.29, 1.82) is 0 Å². The summed E-state index contributed by atoms with van der Waals surface area (Å²) in [5, 5.41) is 20.1. The van der Waals surface area contributed by atoms with E-state index in [1.165, 1.54) is 30.3 Å². The molecule has 1 heterocycles. The molecule has 1 aromatic carbocycles. The van der Waals surface area contributed by atoms with Crippen LogP contribution in [0.1, 0.15) is 44.9 Å². The molecular weight excluding hydrogens is 382 g/mol. The van der Waals surface area contributed by atoms with Crippen LogP contribution >= 0.6 is 0 Å². The highest BCUT2D eigenvalue weighted by Crippen LogP contribution is 2.55. The monoisotopic (exact) mass is 409 g/mol. The second-order valence-electron chi connectivity index (χ2n) is 9.18. The molecule has 4 fully saturated rings. The van der Waals surface area contributed by atoms with E-state index in [9.17, 15) is 9.59 Å². The fraction of sp³-hybridized carbons (Fsp3) is 0.571. The number of hydrogen-bond acceptors (Lipinski definition) is 5. The number of hydrogen-bond donors (Lipinski definition) is 3. The van der Waals surface area contributed by atoms with Crippen molar-refractivity contribution < 1.29 is 9.59 Å². The molecule has 4 bridgehead atoms. The number of nitrogens with one attached hydrogen (secondary N) is 3. The smallest absolute Gasteiger partial charge is 0.315 e. The summed E-state index contributed by atoms with van der Waals surface area (Å²) in [6.45, 7) is 0.302. The van der Waals surface area contributed by atoms with Crippen LogP contribution in [0.2, 0.25) is 0 Å². The molecule has 0 aliphatic heterocycles. The van der Waals surface area contributed by atoms with Crippen molar-refractivity contribution in [1.82, 2.24) is 30.8 Å². The number of anilines is 1. The Kier molecular flexibility index (Phi) is 4.88. The molecular formula is C21H27N7O2. The van der Waals surface area contributed by atoms with Gasteiger partial charge in [0.05, 0.1) is 5.69 Å². The molecule has 0 atom stereocenters. The lowest BCUT2D eigenvalue weighted by molar-refractivity contribution is -0.116. The number of benzene rings is 1. The van der Waals surface area contributed by atoms with Gasteiger partial charge in [0.15, 0.2) is 0 Å². The first-order valence-corrected chi connectivity index (χ1v) is 10.8. The van der Waals surface area contributed by atoms with Crippen LogP contribution in [0.3, 0.4) is 0 Å². The van der Waals surface area contributed by atoms with Gasteiger partial charge in [0.2, 0.25) is 5.91 Å². The van der Waals surface area contributed by atoms with Crippen molar-refractivity contribution in [3.63, 3.8) is 0 Å². The van der Waals surface area contributed by atoms with E-state index in [2.05, 4.69) is 31.5 Å². The summed E-state index contributed by atoms with van der Waals surface area (Å²) in [5.74, 6) is 2.20. The molecule has 4 saturated carbocycles. The van der Waals surface area contributed by atoms with Gasteiger partial charge in [-0.2, -0.15) is 0 Å². The van der Waals surface area contributed by atoms with Crippen molar-refractivity contribution in [2.75, 3.05) is 11.9 Å². The van der Waals surface area contributed by atoms with E-state index in [1.807, 2.05) is 12.1 Å². The van der Waals surface area contributed by atoms with Gasteiger partial charge >= 0.3 is 6.03 Å². The van der Waals surface area contributed by atoms with Gasteiger partial charge in [-0.3, -0.25) is 4.79 Å². The van der Waals surface area contributed by atoms with Crippen molar-refractivity contribution in [3.05, 3.63) is 30.6 Å². The quantitative estimate of drug-likeness (QED) is 0.677. The predicted molar refractivity (Wildman–Crippen MR) is 110 cm³/mol. The summed E-state index contributed by atoms with van der Waals surface area (Å²) in [6, 6.07) is 7.12. The molecule has 9 heteroatoms. The Labute approximate surface area is 175 Å². The van der Waals surface area contributed by atoms with Crippen molar-refractivity contribution in [2.45, 2.75) is 50.5 Å². The third-order valence-electron chi connectivity index (χ3n) is 6.80. The van der Waals surface area contributed by atoms with Gasteiger partial charge in [0.1, 0.15) is 6.33 Å². The van der Waals surface area contributed by atoms with E-state index in [-0.39, 0.29) is 23.9 Å². The Balaban J connectivity index is 1.08. The van der Waals surface area contributed by atoms with E-state index in [0.29, 0.717) is 12.2 Å². The van der Waals surface area contributed by atoms with E-state index in [1.54, 1.807) is 12.1 Å². The molecule has 30 heavy (non-hydrogen) atoms. The zero-order valence-electron chi connectivity index (χ0n) is 16.9. The maximum atomic E-state index is 12.5. The maximum absolute atomic E-state index is 12.5. The standard InChI is InChI=1S/C21H27N7O2/c29-19(24-17-2-1-3-18(9-17)28-13-23-26-27-28)4-5-22-20(30)25-21-10-14-6-15(11-21)8-16(7-14)12-21/h1-3,9,13-16H,4-8,10-12H2,(H,24,29)(H2,22,25,30). The molecule has 6 rings (SSSR count). The number of urea groups is 1. The van der Waals surface area contributed by atoms with E-state index in [0.717, 1.165) is 42.7 Å². The largest absolute Gasteiger partial charge is 0.338 e. The Hall–Kier alpha value is -2.97. The highest BCUT2D eigenvalue weighted by atomic mass is 16.2. The third-order valence-corrected chi connectivity index (χ3v) is 6.80. The number of carbonyl (C=O) groups excluding carboxylic acids is 2. The molecule has 2 aromatic rings. The second kappa shape index (κ2) is 7.70. The molecule has 158 valence electrons. The molecule has 3 amide bonds. The lowest BCUT2D eigenvalue weighted by Crippen LogP contribution is -2.61. The van der Waals surface area contributed by atoms with Crippen LogP contribution in [0.5, 0.6) is 0 Å². The Morgan fingerprint density at radius 3 is 2.50 bits per heavy atom. The molecule has 0 saturated heterocycles. The minimum absolute atomic E-state index is 0.0161. The van der Waals surface area contributed by atoms with Gasteiger partial charge in [-0.15, -0.1) is 5.10 Å². The first-order chi connectivity index (χ1) is 14.6. The maximum Gasteiger partial charge on any atom is 0.315 e. The highest BCUT2D eigenvalue weighted by molar-refractivity contribution is 5.91. The summed E-state index contributed by atoms with van der Waals surface area (Å²) in [5.41, 5.74) is 1.40. The number of amides is 3. The molecule has 1 aromatic heterocycles. The summed E-state index contributed by atoms with van der Waals surface area (Å²) in [6.07, 6.45) is 9.09. The fourth-order valence-corrected chi connectivity index (χ4v) is 6.07. The first kappa shape index (κ1) is 19.0. The minimum atomic E-state index is -0.154. The molecule has 0 unspecified atom stereocenters. The van der Waals surface area contributed by atoms with E-state index >= 15 is 0 Å². The van der Waals surface area contributed by atoms with Crippen LogP contribution in [-0.4, -0.2) is 44.2 Å². The number of carbonyl (C=O) groups is 2. The summed E-state index contributed by atoms with van der Waals surface area (Å²) in [7, 11) is 0. The zero-order chi connectivity index (χ0) is 20.6. The minimum Gasteiger partial charge on any atom is -0.338 e. The summed E-state index contributed by atoms with van der Waals surface area (Å²) >= 11 is 0. The summed E-state index contributed by atoms with van der Waals surface area (Å²) < 4.78 is 1.52. The molecule has 3 N–H and O–H groups in total. The topological polar surface area (TPSA) is 114 Å². The van der Waals surface area contributed by atoms with Crippen molar-refractivity contribution >= 4 is 17.6 Å². The lowest BCUT2D eigenvalue weighted by Gasteiger charge is -2.56. The normalized spacial score (nSPS) is 28.9. The van der Waals surface area contributed by atoms with Gasteiger partial charge in [0, 0.05) is 24.2 Å². The molecule has 0 spiro atoms. The van der Waals surface area contributed by atoms with Crippen LogP contribution in [-0.2, 0) is 4.79 Å². The molecule has 4 aliphatic rings. The highest BCUT2D eigenvalue weighted by Gasteiger charge is 2.51. The van der Waals surface area contributed by atoms with Crippen molar-refractivity contribution in [2.24, 2.45) is 17.8 Å². The van der Waals surface area contributed by atoms with Crippen molar-refractivity contribution in [3.8, 4) is 5.69 Å². The Morgan fingerprint density at radius 1 is 1.10 bits per heavy atom. The average Bonchev–Trinajstić information content (AvgIpc) is 3.21. The van der Waals surface area contributed by atoms with Gasteiger partial charge in [-0.05, 0) is 84.9 Å². The van der Waals surface area contributed by atoms with E-state index in [4.69, 9.17) is 0 Å². The van der Waals surface area contributed by atoms with Crippen LogP contribution in [0.4, 0.5) is 10.5 Å².